The van der Waals surface area contributed by atoms with Gasteiger partial charge in [0.2, 0.25) is 5.82 Å². The Morgan fingerprint density at radius 3 is 2.71 bits per heavy atom. The van der Waals surface area contributed by atoms with Crippen LogP contribution in [-0.4, -0.2) is 45.1 Å². The monoisotopic (exact) mass is 335 g/mol. The van der Waals surface area contributed by atoms with E-state index in [0.29, 0.717) is 19.4 Å². The molecule has 0 bridgehead atoms. The van der Waals surface area contributed by atoms with Crippen molar-refractivity contribution in [3.8, 4) is 5.75 Å². The van der Waals surface area contributed by atoms with E-state index in [9.17, 15) is 4.79 Å². The molecule has 1 aromatic heterocycles. The zero-order valence-electron chi connectivity index (χ0n) is 13.5. The van der Waals surface area contributed by atoms with Gasteiger partial charge in [0.15, 0.2) is 6.10 Å². The van der Waals surface area contributed by atoms with Gasteiger partial charge in [0.25, 0.3) is 0 Å². The highest BCUT2D eigenvalue weighted by Gasteiger charge is 2.21. The average molecular weight is 335 g/mol. The van der Waals surface area contributed by atoms with E-state index in [1.807, 2.05) is 24.3 Å². The first-order valence-corrected chi connectivity index (χ1v) is 7.60. The number of ether oxygens (including phenoxy) is 2. The molecular weight excluding hydrogens is 314 g/mol. The van der Waals surface area contributed by atoms with Crippen LogP contribution in [0.5, 0.6) is 5.75 Å². The number of benzene rings is 1. The topological polar surface area (TPSA) is 125 Å². The minimum atomic E-state index is -0.898. The summed E-state index contributed by atoms with van der Waals surface area (Å²) in [6.07, 6.45) is 0.137. The Morgan fingerprint density at radius 1 is 1.33 bits per heavy atom. The number of aryl methyl sites for hydroxylation is 1. The molecule has 0 aliphatic heterocycles. The molecule has 9 nitrogen and oxygen atoms in total. The first kappa shape index (κ1) is 17.7. The van der Waals surface area contributed by atoms with Gasteiger partial charge in [-0.3, -0.25) is 0 Å². The molecule has 1 heterocycles. The van der Waals surface area contributed by atoms with E-state index in [4.69, 9.17) is 20.3 Å². The molecule has 9 heteroatoms. The summed E-state index contributed by atoms with van der Waals surface area (Å²) in [7, 11) is 1.59. The SMILES string of the molecule is COc1ccc(CC(OC(N)=O)c2nnn(CCCCO)n2)cc1. The van der Waals surface area contributed by atoms with Crippen molar-refractivity contribution in [2.45, 2.75) is 31.9 Å². The maximum absolute atomic E-state index is 11.2. The lowest BCUT2D eigenvalue weighted by Gasteiger charge is -2.13. The van der Waals surface area contributed by atoms with Gasteiger partial charge in [0, 0.05) is 13.0 Å². The summed E-state index contributed by atoms with van der Waals surface area (Å²) in [6, 6.07) is 7.36. The van der Waals surface area contributed by atoms with Crippen molar-refractivity contribution < 1.29 is 19.4 Å². The molecule has 0 saturated heterocycles. The number of hydrogen-bond acceptors (Lipinski definition) is 7. The summed E-state index contributed by atoms with van der Waals surface area (Å²) < 4.78 is 10.2. The molecule has 1 unspecified atom stereocenters. The number of hydrogen-bond donors (Lipinski definition) is 2. The minimum absolute atomic E-state index is 0.117. The summed E-state index contributed by atoms with van der Waals surface area (Å²) in [4.78, 5) is 12.6. The number of amides is 1. The fraction of sp³-hybridized carbons (Fsp3) is 0.467. The standard InChI is InChI=1S/C15H21N5O4/c1-23-12-6-4-11(5-7-12)10-13(24-15(16)22)14-17-19-20(18-14)8-2-3-9-21/h4-7,13,21H,2-3,8-10H2,1H3,(H2,16,22). The predicted molar refractivity (Wildman–Crippen MR) is 84.2 cm³/mol. The molecule has 1 aromatic carbocycles. The second-order valence-electron chi connectivity index (χ2n) is 5.15. The Morgan fingerprint density at radius 2 is 2.08 bits per heavy atom. The van der Waals surface area contributed by atoms with Crippen LogP contribution in [0.3, 0.4) is 0 Å². The van der Waals surface area contributed by atoms with Crippen LogP contribution < -0.4 is 10.5 Å². The number of tetrazole rings is 1. The van der Waals surface area contributed by atoms with Crippen LogP contribution in [0.15, 0.2) is 24.3 Å². The first-order valence-electron chi connectivity index (χ1n) is 7.60. The molecule has 0 spiro atoms. The van der Waals surface area contributed by atoms with Gasteiger partial charge >= 0.3 is 6.09 Å². The number of primary amides is 1. The summed E-state index contributed by atoms with van der Waals surface area (Å²) >= 11 is 0. The maximum atomic E-state index is 11.2. The van der Waals surface area contributed by atoms with Crippen LogP contribution in [0.2, 0.25) is 0 Å². The summed E-state index contributed by atoms with van der Waals surface area (Å²) in [5.41, 5.74) is 6.06. The molecule has 2 rings (SSSR count). The largest absolute Gasteiger partial charge is 0.497 e. The highest BCUT2D eigenvalue weighted by atomic mass is 16.6. The van der Waals surface area contributed by atoms with Crippen LogP contribution in [0.25, 0.3) is 0 Å². The van der Waals surface area contributed by atoms with E-state index in [1.165, 1.54) is 4.80 Å². The Labute approximate surface area is 139 Å². The van der Waals surface area contributed by atoms with E-state index >= 15 is 0 Å². The van der Waals surface area contributed by atoms with Crippen LogP contribution in [-0.2, 0) is 17.7 Å². The van der Waals surface area contributed by atoms with E-state index in [2.05, 4.69) is 15.4 Å². The molecule has 0 saturated carbocycles. The molecule has 0 fully saturated rings. The normalized spacial score (nSPS) is 11.9. The van der Waals surface area contributed by atoms with Gasteiger partial charge in [-0.2, -0.15) is 4.80 Å². The molecule has 24 heavy (non-hydrogen) atoms. The van der Waals surface area contributed by atoms with E-state index in [0.717, 1.165) is 17.7 Å². The van der Waals surface area contributed by atoms with Crippen molar-refractivity contribution >= 4 is 6.09 Å². The van der Waals surface area contributed by atoms with Crippen LogP contribution in [0.4, 0.5) is 4.79 Å². The van der Waals surface area contributed by atoms with Crippen molar-refractivity contribution in [3.63, 3.8) is 0 Å². The number of carbonyl (C=O) groups excluding carboxylic acids is 1. The second kappa shape index (κ2) is 8.82. The third-order valence-electron chi connectivity index (χ3n) is 3.36. The van der Waals surface area contributed by atoms with Crippen molar-refractivity contribution in [1.29, 1.82) is 0 Å². The number of methoxy groups -OCH3 is 1. The van der Waals surface area contributed by atoms with E-state index < -0.39 is 12.2 Å². The number of aliphatic hydroxyl groups is 1. The fourth-order valence-corrected chi connectivity index (χ4v) is 2.15. The Hall–Kier alpha value is -2.68. The number of nitrogens with two attached hydrogens (primary N) is 1. The van der Waals surface area contributed by atoms with Gasteiger partial charge in [-0.25, -0.2) is 4.79 Å². The Balaban J connectivity index is 2.08. The quantitative estimate of drug-likeness (QED) is 0.650. The maximum Gasteiger partial charge on any atom is 0.405 e. The molecule has 1 atom stereocenters. The molecule has 2 aromatic rings. The molecule has 1 amide bonds. The first-order chi connectivity index (χ1) is 11.6. The molecule has 3 N–H and O–H groups in total. The zero-order valence-corrected chi connectivity index (χ0v) is 13.5. The summed E-state index contributed by atoms with van der Waals surface area (Å²) in [5, 5.41) is 20.9. The number of rotatable bonds is 9. The van der Waals surface area contributed by atoms with Gasteiger partial charge < -0.3 is 20.3 Å². The third kappa shape index (κ3) is 5.20. The van der Waals surface area contributed by atoms with Crippen molar-refractivity contribution in [3.05, 3.63) is 35.7 Å². The van der Waals surface area contributed by atoms with Crippen molar-refractivity contribution in [2.75, 3.05) is 13.7 Å². The van der Waals surface area contributed by atoms with Crippen LogP contribution >= 0.6 is 0 Å². The van der Waals surface area contributed by atoms with E-state index in [-0.39, 0.29) is 12.4 Å². The van der Waals surface area contributed by atoms with Crippen LogP contribution in [0, 0.1) is 0 Å². The molecule has 130 valence electrons. The van der Waals surface area contributed by atoms with E-state index in [1.54, 1.807) is 7.11 Å². The number of aliphatic hydroxyl groups excluding tert-OH is 1. The highest BCUT2D eigenvalue weighted by Crippen LogP contribution is 2.21. The summed E-state index contributed by atoms with van der Waals surface area (Å²) in [6.45, 7) is 0.645. The minimum Gasteiger partial charge on any atom is -0.497 e. The fourth-order valence-electron chi connectivity index (χ4n) is 2.15. The smallest absolute Gasteiger partial charge is 0.405 e. The van der Waals surface area contributed by atoms with Crippen LogP contribution in [0.1, 0.15) is 30.3 Å². The van der Waals surface area contributed by atoms with Gasteiger partial charge in [0.1, 0.15) is 5.75 Å². The predicted octanol–water partition coefficient (Wildman–Crippen LogP) is 0.833. The number of unbranched alkanes of at least 4 members (excludes halogenated alkanes) is 1. The average Bonchev–Trinajstić information content (AvgIpc) is 3.04. The van der Waals surface area contributed by atoms with Gasteiger partial charge in [-0.15, -0.1) is 10.2 Å². The lowest BCUT2D eigenvalue weighted by Crippen LogP contribution is -2.20. The number of carbonyl (C=O) groups is 1. The lowest BCUT2D eigenvalue weighted by molar-refractivity contribution is 0.101. The molecule has 0 radical (unpaired) electrons. The zero-order chi connectivity index (χ0) is 17.4. The molecular formula is C15H21N5O4. The van der Waals surface area contributed by atoms with Crippen molar-refractivity contribution in [2.24, 2.45) is 5.73 Å². The van der Waals surface area contributed by atoms with Crippen molar-refractivity contribution in [1.82, 2.24) is 20.2 Å². The number of aromatic nitrogens is 4. The second-order valence-corrected chi connectivity index (χ2v) is 5.15. The number of nitrogens with zero attached hydrogens (tertiary/aromatic N) is 4. The Kier molecular flexibility index (Phi) is 6.50. The third-order valence-corrected chi connectivity index (χ3v) is 3.36. The molecule has 0 aliphatic carbocycles. The highest BCUT2D eigenvalue weighted by molar-refractivity contribution is 5.64. The summed E-state index contributed by atoms with van der Waals surface area (Å²) in [5.74, 6) is 1.02. The van der Waals surface area contributed by atoms with Gasteiger partial charge in [0.05, 0.1) is 13.7 Å². The molecule has 0 aliphatic rings. The lowest BCUT2D eigenvalue weighted by atomic mass is 10.1. The van der Waals surface area contributed by atoms with Gasteiger partial charge in [-0.1, -0.05) is 12.1 Å². The Bertz CT molecular complexity index is 644. The van der Waals surface area contributed by atoms with Gasteiger partial charge in [-0.05, 0) is 35.8 Å².